The molecule has 21 heavy (non-hydrogen) atoms. The fourth-order valence-corrected chi connectivity index (χ4v) is 2.33. The Morgan fingerprint density at radius 3 is 2.67 bits per heavy atom. The zero-order chi connectivity index (χ0) is 15.2. The van der Waals surface area contributed by atoms with Crippen molar-refractivity contribution < 1.29 is 9.66 Å². The Balaban J connectivity index is 2.25. The predicted molar refractivity (Wildman–Crippen MR) is 85.7 cm³/mol. The van der Waals surface area contributed by atoms with Crippen LogP contribution in [0.4, 0.5) is 11.4 Å². The van der Waals surface area contributed by atoms with Crippen molar-refractivity contribution in [1.29, 1.82) is 0 Å². The van der Waals surface area contributed by atoms with Crippen molar-refractivity contribution in [3.05, 3.63) is 62.6 Å². The van der Waals surface area contributed by atoms with Gasteiger partial charge in [0.1, 0.15) is 12.3 Å². The number of para-hydroxylation sites is 1. The van der Waals surface area contributed by atoms with Crippen molar-refractivity contribution >= 4 is 27.3 Å². The lowest BCUT2D eigenvalue weighted by Gasteiger charge is -2.11. The molecule has 0 amide bonds. The van der Waals surface area contributed by atoms with Gasteiger partial charge in [0.05, 0.1) is 4.92 Å². The summed E-state index contributed by atoms with van der Waals surface area (Å²) in [6, 6.07) is 12.6. The molecule has 0 spiro atoms. The van der Waals surface area contributed by atoms with E-state index >= 15 is 0 Å². The molecular weight excluding hydrogens is 336 g/mol. The Bertz CT molecular complexity index is 647. The lowest BCUT2D eigenvalue weighted by atomic mass is 10.2. The summed E-state index contributed by atoms with van der Waals surface area (Å²) in [7, 11) is 0. The minimum absolute atomic E-state index is 0.0357. The van der Waals surface area contributed by atoms with Gasteiger partial charge in [-0.05, 0) is 25.1 Å². The van der Waals surface area contributed by atoms with Crippen LogP contribution in [0.1, 0.15) is 12.5 Å². The number of hydrogen-bond donors (Lipinski definition) is 1. The second-order valence-electron chi connectivity index (χ2n) is 4.32. The quantitative estimate of drug-likeness (QED) is 0.620. The Kier molecular flexibility index (Phi) is 5.16. The number of rotatable bonds is 6. The molecule has 0 heterocycles. The van der Waals surface area contributed by atoms with Crippen LogP contribution in [0, 0.1) is 10.1 Å². The Hall–Kier alpha value is -2.08. The Morgan fingerprint density at radius 1 is 1.24 bits per heavy atom. The minimum Gasteiger partial charge on any atom is -0.482 e. The monoisotopic (exact) mass is 350 g/mol. The van der Waals surface area contributed by atoms with Gasteiger partial charge in [-0.15, -0.1) is 0 Å². The van der Waals surface area contributed by atoms with Gasteiger partial charge in [-0.3, -0.25) is 10.1 Å². The molecule has 1 N–H and O–H groups in total. The van der Waals surface area contributed by atoms with Crippen LogP contribution in [-0.4, -0.2) is 11.5 Å². The molecule has 0 saturated carbocycles. The molecule has 0 aromatic heterocycles. The number of halogens is 1. The summed E-state index contributed by atoms with van der Waals surface area (Å²) in [6.07, 6.45) is 0. The highest BCUT2D eigenvalue weighted by Gasteiger charge is 2.20. The van der Waals surface area contributed by atoms with Crippen LogP contribution in [-0.2, 0) is 6.61 Å². The summed E-state index contributed by atoms with van der Waals surface area (Å²) >= 11 is 3.43. The van der Waals surface area contributed by atoms with Gasteiger partial charge < -0.3 is 10.1 Å². The summed E-state index contributed by atoms with van der Waals surface area (Å²) in [6.45, 7) is 2.75. The fourth-order valence-electron chi connectivity index (χ4n) is 1.93. The summed E-state index contributed by atoms with van der Waals surface area (Å²) in [4.78, 5) is 10.8. The molecule has 2 aromatic carbocycles. The first-order valence-electron chi connectivity index (χ1n) is 6.51. The average Bonchev–Trinajstić information content (AvgIpc) is 2.46. The number of nitrogens with zero attached hydrogens (tertiary/aromatic N) is 1. The van der Waals surface area contributed by atoms with Crippen molar-refractivity contribution in [3.8, 4) is 5.75 Å². The second kappa shape index (κ2) is 7.08. The number of anilines is 1. The summed E-state index contributed by atoms with van der Waals surface area (Å²) in [5.74, 6) is 0.259. The molecule has 0 aliphatic heterocycles. The van der Waals surface area contributed by atoms with E-state index in [4.69, 9.17) is 4.74 Å². The van der Waals surface area contributed by atoms with E-state index in [0.29, 0.717) is 12.2 Å². The highest BCUT2D eigenvalue weighted by Crippen LogP contribution is 2.35. The largest absolute Gasteiger partial charge is 0.482 e. The molecule has 2 aromatic rings. The fraction of sp³-hybridized carbons (Fsp3) is 0.200. The van der Waals surface area contributed by atoms with E-state index in [1.165, 1.54) is 0 Å². The van der Waals surface area contributed by atoms with Crippen LogP contribution in [0.3, 0.4) is 0 Å². The first kappa shape index (κ1) is 15.3. The van der Waals surface area contributed by atoms with Crippen LogP contribution < -0.4 is 10.1 Å². The van der Waals surface area contributed by atoms with E-state index in [1.54, 1.807) is 18.2 Å². The minimum atomic E-state index is -0.423. The van der Waals surface area contributed by atoms with E-state index in [2.05, 4.69) is 21.2 Å². The smallest absolute Gasteiger partial charge is 0.333 e. The topological polar surface area (TPSA) is 64.4 Å². The number of hydrogen-bond acceptors (Lipinski definition) is 4. The van der Waals surface area contributed by atoms with Crippen LogP contribution in [0.25, 0.3) is 0 Å². The number of nitro groups is 1. The van der Waals surface area contributed by atoms with E-state index in [1.807, 2.05) is 31.2 Å². The van der Waals surface area contributed by atoms with Gasteiger partial charge in [0.15, 0.2) is 5.75 Å². The van der Waals surface area contributed by atoms with Crippen molar-refractivity contribution in [2.24, 2.45) is 0 Å². The molecule has 0 saturated heterocycles. The van der Waals surface area contributed by atoms with Crippen molar-refractivity contribution in [2.75, 3.05) is 11.9 Å². The molecule has 0 atom stereocenters. The van der Waals surface area contributed by atoms with Gasteiger partial charge in [0.2, 0.25) is 0 Å². The molecule has 0 unspecified atom stereocenters. The van der Waals surface area contributed by atoms with Gasteiger partial charge >= 0.3 is 5.69 Å². The van der Waals surface area contributed by atoms with Gasteiger partial charge in [-0.25, -0.2) is 0 Å². The predicted octanol–water partition coefficient (Wildman–Crippen LogP) is 4.37. The third-order valence-electron chi connectivity index (χ3n) is 2.89. The summed E-state index contributed by atoms with van der Waals surface area (Å²) in [5, 5.41) is 14.2. The third-order valence-corrected chi connectivity index (χ3v) is 3.66. The summed E-state index contributed by atoms with van der Waals surface area (Å²) in [5.41, 5.74) is 1.36. The van der Waals surface area contributed by atoms with Gasteiger partial charge in [0.25, 0.3) is 0 Å². The van der Waals surface area contributed by atoms with Crippen LogP contribution in [0.5, 0.6) is 5.75 Å². The van der Waals surface area contributed by atoms with Crippen molar-refractivity contribution in [1.82, 2.24) is 0 Å². The number of nitrogens with one attached hydrogen (secondary N) is 1. The molecule has 0 bridgehead atoms. The third kappa shape index (κ3) is 3.72. The van der Waals surface area contributed by atoms with E-state index in [9.17, 15) is 10.1 Å². The van der Waals surface area contributed by atoms with Gasteiger partial charge in [-0.2, -0.15) is 0 Å². The zero-order valence-electron chi connectivity index (χ0n) is 11.5. The Morgan fingerprint density at radius 2 is 2.00 bits per heavy atom. The highest BCUT2D eigenvalue weighted by molar-refractivity contribution is 9.10. The molecule has 0 aliphatic rings. The maximum Gasteiger partial charge on any atom is 0.333 e. The molecular formula is C15H15BrN2O3. The number of benzene rings is 2. The van der Waals surface area contributed by atoms with E-state index in [0.717, 1.165) is 10.0 Å². The van der Waals surface area contributed by atoms with Gasteiger partial charge in [0, 0.05) is 16.6 Å². The number of nitro benzene ring substituents is 1. The van der Waals surface area contributed by atoms with Crippen molar-refractivity contribution in [3.63, 3.8) is 0 Å². The maximum atomic E-state index is 11.3. The molecule has 6 heteroatoms. The molecule has 0 radical (unpaired) electrons. The SMILES string of the molecule is CCNc1cccc(OCc2ccccc2Br)c1[N+](=O)[O-]. The molecule has 2 rings (SSSR count). The first-order chi connectivity index (χ1) is 10.1. The zero-order valence-corrected chi connectivity index (χ0v) is 13.1. The first-order valence-corrected chi connectivity index (χ1v) is 7.30. The van der Waals surface area contributed by atoms with Crippen LogP contribution in [0.2, 0.25) is 0 Å². The molecule has 0 fully saturated rings. The average molecular weight is 351 g/mol. The standard InChI is InChI=1S/C15H15BrN2O3/c1-2-17-13-8-5-9-14(15(13)18(19)20)21-10-11-6-3-4-7-12(11)16/h3-9,17H,2,10H2,1H3. The van der Waals surface area contributed by atoms with Gasteiger partial charge in [-0.1, -0.05) is 40.2 Å². The van der Waals surface area contributed by atoms with Crippen molar-refractivity contribution in [2.45, 2.75) is 13.5 Å². The normalized spacial score (nSPS) is 10.2. The lowest BCUT2D eigenvalue weighted by Crippen LogP contribution is -2.04. The number of ether oxygens (including phenoxy) is 1. The second-order valence-corrected chi connectivity index (χ2v) is 5.17. The van der Waals surface area contributed by atoms with E-state index in [-0.39, 0.29) is 18.0 Å². The molecule has 0 aliphatic carbocycles. The highest BCUT2D eigenvalue weighted by atomic mass is 79.9. The van der Waals surface area contributed by atoms with Crippen LogP contribution in [0.15, 0.2) is 46.9 Å². The summed E-state index contributed by atoms with van der Waals surface area (Å²) < 4.78 is 6.55. The van der Waals surface area contributed by atoms with Crippen LogP contribution >= 0.6 is 15.9 Å². The molecule has 5 nitrogen and oxygen atoms in total. The van der Waals surface area contributed by atoms with E-state index < -0.39 is 4.92 Å². The Labute approximate surface area is 131 Å². The lowest BCUT2D eigenvalue weighted by molar-refractivity contribution is -0.385. The molecule has 110 valence electrons. The maximum absolute atomic E-state index is 11.3.